The molecule has 0 radical (unpaired) electrons. The van der Waals surface area contributed by atoms with Gasteiger partial charge in [0.15, 0.2) is 11.0 Å². The molecule has 0 unspecified atom stereocenters. The monoisotopic (exact) mass is 465 g/mol. The standard InChI is InChI=1S/C24H27N5O3S/c1-5-13-29-22(17(3)25-23(31)18-9-7-6-8-10-18)27-28-24(29)33-15-21(30)26-19-14-16(2)11-12-20(19)32-4/h5-12,14,17H,1,13,15H2,2-4H3,(H,25,31)(H,26,30)/t17-/m1/s1. The number of aromatic nitrogens is 3. The van der Waals surface area contributed by atoms with Crippen LogP contribution in [0.2, 0.25) is 0 Å². The summed E-state index contributed by atoms with van der Waals surface area (Å²) in [7, 11) is 1.56. The molecule has 0 saturated carbocycles. The van der Waals surface area contributed by atoms with E-state index in [2.05, 4.69) is 27.4 Å². The fraction of sp³-hybridized carbons (Fsp3) is 0.250. The maximum absolute atomic E-state index is 12.6. The Morgan fingerprint density at radius 1 is 1.21 bits per heavy atom. The molecular weight excluding hydrogens is 438 g/mol. The van der Waals surface area contributed by atoms with Gasteiger partial charge in [-0.2, -0.15) is 0 Å². The third-order valence-electron chi connectivity index (χ3n) is 4.79. The van der Waals surface area contributed by atoms with E-state index in [-0.39, 0.29) is 23.6 Å². The Balaban J connectivity index is 1.68. The number of benzene rings is 2. The maximum atomic E-state index is 12.6. The molecule has 0 fully saturated rings. The average molecular weight is 466 g/mol. The lowest BCUT2D eigenvalue weighted by molar-refractivity contribution is -0.113. The van der Waals surface area contributed by atoms with E-state index in [1.807, 2.05) is 54.8 Å². The lowest BCUT2D eigenvalue weighted by Crippen LogP contribution is -2.28. The molecule has 2 N–H and O–H groups in total. The van der Waals surface area contributed by atoms with E-state index in [9.17, 15) is 9.59 Å². The minimum absolute atomic E-state index is 0.136. The Morgan fingerprint density at radius 3 is 2.67 bits per heavy atom. The number of carbonyl (C=O) groups excluding carboxylic acids is 2. The fourth-order valence-corrected chi connectivity index (χ4v) is 3.95. The summed E-state index contributed by atoms with van der Waals surface area (Å²) < 4.78 is 7.16. The molecule has 0 aliphatic carbocycles. The molecule has 2 amide bonds. The Kier molecular flexibility index (Phi) is 8.26. The summed E-state index contributed by atoms with van der Waals surface area (Å²) in [6.07, 6.45) is 1.72. The molecule has 0 aliphatic heterocycles. The van der Waals surface area contributed by atoms with Gasteiger partial charge >= 0.3 is 0 Å². The van der Waals surface area contributed by atoms with Gasteiger partial charge in [0.1, 0.15) is 5.75 Å². The van der Waals surface area contributed by atoms with Crippen LogP contribution in [0.25, 0.3) is 0 Å². The molecule has 0 aliphatic rings. The molecule has 3 aromatic rings. The van der Waals surface area contributed by atoms with Gasteiger partial charge in [-0.25, -0.2) is 0 Å². The van der Waals surface area contributed by atoms with Crippen LogP contribution in [0.15, 0.2) is 66.3 Å². The zero-order chi connectivity index (χ0) is 23.8. The Labute approximate surface area is 197 Å². The van der Waals surface area contributed by atoms with E-state index in [1.165, 1.54) is 11.8 Å². The molecule has 3 rings (SSSR count). The molecule has 1 aromatic heterocycles. The maximum Gasteiger partial charge on any atom is 0.251 e. The Bertz CT molecular complexity index is 1130. The molecule has 2 aromatic carbocycles. The first-order chi connectivity index (χ1) is 15.9. The van der Waals surface area contributed by atoms with Gasteiger partial charge in [-0.1, -0.05) is 42.1 Å². The molecule has 1 heterocycles. The van der Waals surface area contributed by atoms with Crippen molar-refractivity contribution in [3.63, 3.8) is 0 Å². The first-order valence-corrected chi connectivity index (χ1v) is 11.4. The summed E-state index contributed by atoms with van der Waals surface area (Å²) in [5.74, 6) is 0.930. The van der Waals surface area contributed by atoms with Crippen LogP contribution in [0.5, 0.6) is 5.75 Å². The highest BCUT2D eigenvalue weighted by Gasteiger charge is 2.20. The summed E-state index contributed by atoms with van der Waals surface area (Å²) in [4.78, 5) is 25.1. The first-order valence-electron chi connectivity index (χ1n) is 10.4. The van der Waals surface area contributed by atoms with E-state index in [4.69, 9.17) is 4.74 Å². The Hall–Kier alpha value is -3.59. The van der Waals surface area contributed by atoms with Crippen LogP contribution in [0.4, 0.5) is 5.69 Å². The highest BCUT2D eigenvalue weighted by molar-refractivity contribution is 7.99. The molecule has 172 valence electrons. The lowest BCUT2D eigenvalue weighted by Gasteiger charge is -2.15. The molecular formula is C24H27N5O3S. The predicted molar refractivity (Wildman–Crippen MR) is 130 cm³/mol. The molecule has 0 saturated heterocycles. The number of rotatable bonds is 10. The number of aryl methyl sites for hydroxylation is 1. The highest BCUT2D eigenvalue weighted by Crippen LogP contribution is 2.26. The van der Waals surface area contributed by atoms with Crippen LogP contribution < -0.4 is 15.4 Å². The fourth-order valence-electron chi connectivity index (χ4n) is 3.20. The van der Waals surface area contributed by atoms with Gasteiger partial charge in [0.05, 0.1) is 24.6 Å². The van der Waals surface area contributed by atoms with Crippen LogP contribution in [0.1, 0.15) is 34.7 Å². The zero-order valence-electron chi connectivity index (χ0n) is 18.9. The minimum Gasteiger partial charge on any atom is -0.495 e. The molecule has 33 heavy (non-hydrogen) atoms. The molecule has 1 atom stereocenters. The zero-order valence-corrected chi connectivity index (χ0v) is 19.7. The van der Waals surface area contributed by atoms with Crippen molar-refractivity contribution in [2.75, 3.05) is 18.2 Å². The number of thioether (sulfide) groups is 1. The topological polar surface area (TPSA) is 98.1 Å². The van der Waals surface area contributed by atoms with Crippen molar-refractivity contribution >= 4 is 29.3 Å². The SMILES string of the molecule is C=CCn1c(SCC(=O)Nc2cc(C)ccc2OC)nnc1[C@@H](C)NC(=O)c1ccccc1. The molecule has 9 heteroatoms. The van der Waals surface area contributed by atoms with Gasteiger partial charge < -0.3 is 19.9 Å². The lowest BCUT2D eigenvalue weighted by atomic mass is 10.2. The predicted octanol–water partition coefficient (Wildman–Crippen LogP) is 4.00. The van der Waals surface area contributed by atoms with Crippen LogP contribution >= 0.6 is 11.8 Å². The quantitative estimate of drug-likeness (QED) is 0.347. The number of nitrogens with zero attached hydrogens (tertiary/aromatic N) is 3. The van der Waals surface area contributed by atoms with Crippen LogP contribution in [0, 0.1) is 6.92 Å². The first kappa shape index (κ1) is 24.1. The van der Waals surface area contributed by atoms with E-state index >= 15 is 0 Å². The van der Waals surface area contributed by atoms with E-state index in [0.29, 0.717) is 34.5 Å². The number of hydrogen-bond donors (Lipinski definition) is 2. The summed E-state index contributed by atoms with van der Waals surface area (Å²) in [5, 5.41) is 14.9. The number of methoxy groups -OCH3 is 1. The van der Waals surface area contributed by atoms with E-state index in [1.54, 1.807) is 25.3 Å². The number of nitrogens with one attached hydrogen (secondary N) is 2. The third kappa shape index (κ3) is 6.23. The van der Waals surface area contributed by atoms with Crippen molar-refractivity contribution in [1.82, 2.24) is 20.1 Å². The van der Waals surface area contributed by atoms with Gasteiger partial charge in [0.2, 0.25) is 5.91 Å². The van der Waals surface area contributed by atoms with Gasteiger partial charge in [0.25, 0.3) is 5.91 Å². The second-order valence-electron chi connectivity index (χ2n) is 7.34. The normalized spacial score (nSPS) is 11.5. The van der Waals surface area contributed by atoms with E-state index < -0.39 is 0 Å². The van der Waals surface area contributed by atoms with Gasteiger partial charge in [0, 0.05) is 12.1 Å². The van der Waals surface area contributed by atoms with Crippen molar-refractivity contribution < 1.29 is 14.3 Å². The van der Waals surface area contributed by atoms with Gasteiger partial charge in [-0.3, -0.25) is 9.59 Å². The largest absolute Gasteiger partial charge is 0.495 e. The van der Waals surface area contributed by atoms with Crippen molar-refractivity contribution in [1.29, 1.82) is 0 Å². The minimum atomic E-state index is -0.384. The van der Waals surface area contributed by atoms with Crippen molar-refractivity contribution in [3.05, 3.63) is 78.1 Å². The Morgan fingerprint density at radius 2 is 1.97 bits per heavy atom. The molecule has 0 bridgehead atoms. The van der Waals surface area contributed by atoms with Crippen molar-refractivity contribution in [2.24, 2.45) is 0 Å². The smallest absolute Gasteiger partial charge is 0.251 e. The number of anilines is 1. The summed E-state index contributed by atoms with van der Waals surface area (Å²) in [5.41, 5.74) is 2.20. The van der Waals surface area contributed by atoms with Crippen LogP contribution in [-0.2, 0) is 11.3 Å². The van der Waals surface area contributed by atoms with Crippen LogP contribution in [-0.4, -0.2) is 39.4 Å². The van der Waals surface area contributed by atoms with Crippen LogP contribution in [0.3, 0.4) is 0 Å². The average Bonchev–Trinajstić information content (AvgIpc) is 3.21. The van der Waals surface area contributed by atoms with Gasteiger partial charge in [-0.15, -0.1) is 16.8 Å². The molecule has 0 spiro atoms. The third-order valence-corrected chi connectivity index (χ3v) is 5.76. The number of amides is 2. The van der Waals surface area contributed by atoms with Crippen molar-refractivity contribution in [2.45, 2.75) is 31.6 Å². The second kappa shape index (κ2) is 11.3. The summed E-state index contributed by atoms with van der Waals surface area (Å²) in [6, 6.07) is 14.2. The number of allylic oxidation sites excluding steroid dienone is 1. The number of carbonyl (C=O) groups is 2. The van der Waals surface area contributed by atoms with Crippen molar-refractivity contribution in [3.8, 4) is 5.75 Å². The van der Waals surface area contributed by atoms with E-state index in [0.717, 1.165) is 5.56 Å². The summed E-state index contributed by atoms with van der Waals surface area (Å²) >= 11 is 1.26. The number of hydrogen-bond acceptors (Lipinski definition) is 6. The highest BCUT2D eigenvalue weighted by atomic mass is 32.2. The molecule has 8 nitrogen and oxygen atoms in total. The van der Waals surface area contributed by atoms with Gasteiger partial charge in [-0.05, 0) is 43.7 Å². The summed E-state index contributed by atoms with van der Waals surface area (Å²) in [6.45, 7) is 8.03. The number of ether oxygens (including phenoxy) is 1. The second-order valence-corrected chi connectivity index (χ2v) is 8.28.